The van der Waals surface area contributed by atoms with Gasteiger partial charge in [0.25, 0.3) is 0 Å². The van der Waals surface area contributed by atoms with E-state index in [1.54, 1.807) is 0 Å². The number of likely N-dealkylation sites (N-methyl/N-ethyl adjacent to an activating group) is 1. The number of aromatic nitrogens is 3. The minimum Gasteiger partial charge on any atom is -0.377 e. The Labute approximate surface area is 138 Å². The molecule has 1 aliphatic carbocycles. The molecule has 3 fully saturated rings. The largest absolute Gasteiger partial charge is 0.377 e. The zero-order chi connectivity index (χ0) is 15.8. The molecule has 4 rings (SSSR count). The Balaban J connectivity index is 1.30. The molecule has 6 heteroatoms. The summed E-state index contributed by atoms with van der Waals surface area (Å²) < 4.78 is 7.99. The maximum Gasteiger partial charge on any atom is 0.146 e. The third kappa shape index (κ3) is 3.44. The molecule has 0 N–H and O–H groups in total. The van der Waals surface area contributed by atoms with Crippen molar-refractivity contribution in [3.63, 3.8) is 0 Å². The molecule has 6 nitrogen and oxygen atoms in total. The summed E-state index contributed by atoms with van der Waals surface area (Å²) in [4.78, 5) is 5.03. The highest BCUT2D eigenvalue weighted by Gasteiger charge is 2.31. The van der Waals surface area contributed by atoms with Crippen molar-refractivity contribution in [2.75, 3.05) is 33.3 Å². The quantitative estimate of drug-likeness (QED) is 0.793. The fraction of sp³-hybridized carbons (Fsp3) is 0.882. The topological polar surface area (TPSA) is 46.4 Å². The highest BCUT2D eigenvalue weighted by Crippen LogP contribution is 2.38. The first kappa shape index (κ1) is 15.5. The number of hydrogen-bond acceptors (Lipinski definition) is 5. The van der Waals surface area contributed by atoms with Crippen LogP contribution in [0.3, 0.4) is 0 Å². The second kappa shape index (κ2) is 6.49. The highest BCUT2D eigenvalue weighted by molar-refractivity contribution is 5.07. The molecule has 3 heterocycles. The number of nitrogens with zero attached hydrogens (tertiary/aromatic N) is 5. The number of ether oxygens (including phenoxy) is 1. The van der Waals surface area contributed by atoms with Crippen LogP contribution in [-0.4, -0.2) is 70.0 Å². The average molecular weight is 319 g/mol. The van der Waals surface area contributed by atoms with Gasteiger partial charge in [0.1, 0.15) is 11.6 Å². The van der Waals surface area contributed by atoms with E-state index in [1.165, 1.54) is 44.5 Å². The summed E-state index contributed by atoms with van der Waals surface area (Å²) in [5, 5.41) is 8.83. The van der Waals surface area contributed by atoms with E-state index in [0.717, 1.165) is 32.1 Å². The highest BCUT2D eigenvalue weighted by atomic mass is 16.5. The summed E-state index contributed by atoms with van der Waals surface area (Å²) in [7, 11) is 4.35. The normalized spacial score (nSPS) is 29.0. The second-order valence-corrected chi connectivity index (χ2v) is 7.56. The van der Waals surface area contributed by atoms with Gasteiger partial charge < -0.3 is 9.30 Å². The van der Waals surface area contributed by atoms with Crippen molar-refractivity contribution in [1.29, 1.82) is 0 Å². The minimum atomic E-state index is 0.471. The molecule has 0 radical (unpaired) electrons. The van der Waals surface area contributed by atoms with Crippen LogP contribution in [0.2, 0.25) is 0 Å². The molecule has 128 valence electrons. The molecule has 1 aromatic rings. The minimum absolute atomic E-state index is 0.471. The molecular weight excluding hydrogens is 290 g/mol. The summed E-state index contributed by atoms with van der Waals surface area (Å²) in [5.41, 5.74) is 0. The Morgan fingerprint density at radius 2 is 2.09 bits per heavy atom. The Bertz CT molecular complexity index is 535. The Hall–Kier alpha value is -0.980. The van der Waals surface area contributed by atoms with Crippen molar-refractivity contribution in [2.45, 2.75) is 56.7 Å². The molecule has 1 aromatic heterocycles. The van der Waals surface area contributed by atoms with E-state index < -0.39 is 0 Å². The fourth-order valence-electron chi connectivity index (χ4n) is 3.98. The molecule has 2 aliphatic heterocycles. The number of rotatable bonds is 6. The van der Waals surface area contributed by atoms with Crippen molar-refractivity contribution in [3.05, 3.63) is 11.6 Å². The first-order valence-corrected chi connectivity index (χ1v) is 9.13. The predicted molar refractivity (Wildman–Crippen MR) is 88.3 cm³/mol. The fourth-order valence-corrected chi connectivity index (χ4v) is 3.98. The van der Waals surface area contributed by atoms with Gasteiger partial charge in [-0.15, -0.1) is 10.2 Å². The molecule has 0 aromatic carbocycles. The molecule has 0 amide bonds. The Morgan fingerprint density at radius 1 is 1.22 bits per heavy atom. The number of hydrogen-bond donors (Lipinski definition) is 0. The molecule has 0 unspecified atom stereocenters. The first-order valence-electron chi connectivity index (χ1n) is 9.13. The molecule has 2 saturated heterocycles. The maximum absolute atomic E-state index is 5.78. The smallest absolute Gasteiger partial charge is 0.146 e. The summed E-state index contributed by atoms with van der Waals surface area (Å²) in [6, 6.07) is 0.623. The molecule has 0 bridgehead atoms. The van der Waals surface area contributed by atoms with Gasteiger partial charge in [0.05, 0.1) is 12.6 Å². The first-order chi connectivity index (χ1) is 11.2. The van der Waals surface area contributed by atoms with Gasteiger partial charge in [0.15, 0.2) is 0 Å². The van der Waals surface area contributed by atoms with Crippen LogP contribution < -0.4 is 0 Å². The summed E-state index contributed by atoms with van der Waals surface area (Å²) >= 11 is 0. The van der Waals surface area contributed by atoms with Crippen LogP contribution in [0.5, 0.6) is 0 Å². The molecule has 1 saturated carbocycles. The van der Waals surface area contributed by atoms with E-state index in [1.807, 2.05) is 0 Å². The second-order valence-electron chi connectivity index (χ2n) is 7.56. The Kier molecular flexibility index (Phi) is 4.39. The van der Waals surface area contributed by atoms with Crippen molar-refractivity contribution in [3.8, 4) is 0 Å². The van der Waals surface area contributed by atoms with Gasteiger partial charge >= 0.3 is 0 Å². The van der Waals surface area contributed by atoms with Gasteiger partial charge in [-0.3, -0.25) is 9.80 Å². The zero-order valence-corrected chi connectivity index (χ0v) is 14.4. The third-order valence-electron chi connectivity index (χ3n) is 5.69. The van der Waals surface area contributed by atoms with Crippen LogP contribution in [0.4, 0.5) is 0 Å². The maximum atomic E-state index is 5.78. The lowest BCUT2D eigenvalue weighted by atomic mass is 10.2. The lowest BCUT2D eigenvalue weighted by Gasteiger charge is -2.25. The van der Waals surface area contributed by atoms with Gasteiger partial charge in [-0.1, -0.05) is 0 Å². The molecule has 2 atom stereocenters. The Morgan fingerprint density at radius 3 is 2.83 bits per heavy atom. The van der Waals surface area contributed by atoms with E-state index in [0.29, 0.717) is 18.1 Å². The monoisotopic (exact) mass is 319 g/mol. The van der Waals surface area contributed by atoms with Crippen LogP contribution in [0.15, 0.2) is 0 Å². The zero-order valence-electron chi connectivity index (χ0n) is 14.4. The standard InChI is InChI=1S/C17H29N5O/c1-20(12-16-18-19-17(21(16)2)13-5-6-13)14-7-8-22(10-14)11-15-4-3-9-23-15/h13-15H,3-12H2,1-2H3/t14-,15-/m0/s1. The van der Waals surface area contributed by atoms with Crippen LogP contribution in [0, 0.1) is 0 Å². The van der Waals surface area contributed by atoms with E-state index >= 15 is 0 Å². The summed E-state index contributed by atoms with van der Waals surface area (Å²) in [5.74, 6) is 2.95. The van der Waals surface area contributed by atoms with E-state index in [4.69, 9.17) is 4.74 Å². The van der Waals surface area contributed by atoms with Crippen LogP contribution in [0.1, 0.15) is 49.7 Å². The lowest BCUT2D eigenvalue weighted by molar-refractivity contribution is 0.0779. The van der Waals surface area contributed by atoms with Gasteiger partial charge in [-0.2, -0.15) is 0 Å². The van der Waals surface area contributed by atoms with Crippen molar-refractivity contribution < 1.29 is 4.74 Å². The van der Waals surface area contributed by atoms with E-state index in [2.05, 4.69) is 38.7 Å². The van der Waals surface area contributed by atoms with E-state index in [-0.39, 0.29) is 0 Å². The van der Waals surface area contributed by atoms with Crippen molar-refractivity contribution >= 4 is 0 Å². The lowest BCUT2D eigenvalue weighted by Crippen LogP contribution is -2.37. The van der Waals surface area contributed by atoms with Crippen molar-refractivity contribution in [1.82, 2.24) is 24.6 Å². The van der Waals surface area contributed by atoms with Gasteiger partial charge in [0, 0.05) is 38.7 Å². The summed E-state index contributed by atoms with van der Waals surface area (Å²) in [6.07, 6.45) is 6.75. The van der Waals surface area contributed by atoms with Crippen molar-refractivity contribution in [2.24, 2.45) is 7.05 Å². The SMILES string of the molecule is CN(Cc1nnc(C2CC2)n1C)[C@H]1CCN(C[C@@H]2CCCO2)C1. The molecule has 23 heavy (non-hydrogen) atoms. The van der Waals surface area contributed by atoms with Gasteiger partial charge in [-0.05, 0) is 45.7 Å². The van der Waals surface area contributed by atoms with E-state index in [9.17, 15) is 0 Å². The summed E-state index contributed by atoms with van der Waals surface area (Å²) in [6.45, 7) is 5.32. The average Bonchev–Trinajstić information content (AvgIpc) is 2.94. The molecule has 3 aliphatic rings. The predicted octanol–water partition coefficient (Wildman–Crippen LogP) is 1.38. The molecular formula is C17H29N5O. The van der Waals surface area contributed by atoms with Crippen LogP contribution >= 0.6 is 0 Å². The third-order valence-corrected chi connectivity index (χ3v) is 5.69. The number of likely N-dealkylation sites (tertiary alicyclic amines) is 1. The van der Waals surface area contributed by atoms with Gasteiger partial charge in [-0.25, -0.2) is 0 Å². The van der Waals surface area contributed by atoms with Crippen LogP contribution in [0.25, 0.3) is 0 Å². The molecule has 0 spiro atoms. The van der Waals surface area contributed by atoms with Gasteiger partial charge in [0.2, 0.25) is 0 Å². The van der Waals surface area contributed by atoms with Crippen LogP contribution in [-0.2, 0) is 18.3 Å².